The Labute approximate surface area is 355 Å². The van der Waals surface area contributed by atoms with E-state index in [9.17, 15) is 0 Å². The maximum Gasteiger partial charge on any atom is 0.160 e. The summed E-state index contributed by atoms with van der Waals surface area (Å²) in [6, 6.07) is 74.9. The van der Waals surface area contributed by atoms with E-state index >= 15 is 0 Å². The zero-order valence-corrected chi connectivity index (χ0v) is 34.0. The van der Waals surface area contributed by atoms with E-state index in [0.717, 1.165) is 33.5 Å². The van der Waals surface area contributed by atoms with Gasteiger partial charge in [0.15, 0.2) is 5.82 Å². The summed E-state index contributed by atoms with van der Waals surface area (Å²) in [5.41, 5.74) is 15.3. The third-order valence-electron chi connectivity index (χ3n) is 13.1. The van der Waals surface area contributed by atoms with Crippen LogP contribution in [0.15, 0.2) is 206 Å². The summed E-state index contributed by atoms with van der Waals surface area (Å²) in [4.78, 5) is 10.5. The molecule has 0 aliphatic heterocycles. The monoisotopic (exact) mass is 776 g/mol. The van der Waals surface area contributed by atoms with E-state index in [4.69, 9.17) is 9.97 Å². The molecular formula is C59H40N2. The van der Waals surface area contributed by atoms with Gasteiger partial charge >= 0.3 is 0 Å². The molecule has 0 amide bonds. The fourth-order valence-electron chi connectivity index (χ4n) is 10.1. The van der Waals surface area contributed by atoms with Crippen LogP contribution in [0.2, 0.25) is 0 Å². The Morgan fingerprint density at radius 2 is 0.803 bits per heavy atom. The second kappa shape index (κ2) is 13.7. The Morgan fingerprint density at radius 3 is 1.49 bits per heavy atom. The van der Waals surface area contributed by atoms with Crippen molar-refractivity contribution in [2.24, 2.45) is 0 Å². The molecule has 1 aromatic heterocycles. The normalized spacial score (nSPS) is 12.9. The van der Waals surface area contributed by atoms with E-state index in [2.05, 4.69) is 214 Å². The highest BCUT2D eigenvalue weighted by Crippen LogP contribution is 2.52. The Kier molecular flexibility index (Phi) is 7.92. The maximum atomic E-state index is 5.28. The molecule has 0 bridgehead atoms. The molecule has 1 heterocycles. The number of benzene rings is 10. The molecule has 12 rings (SSSR count). The quantitative estimate of drug-likeness (QED) is 0.174. The van der Waals surface area contributed by atoms with Gasteiger partial charge in [0.25, 0.3) is 0 Å². The van der Waals surface area contributed by atoms with Crippen molar-refractivity contribution in [2.45, 2.75) is 19.3 Å². The molecule has 2 heteroatoms. The summed E-state index contributed by atoms with van der Waals surface area (Å²) in [6.07, 6.45) is 0. The molecule has 286 valence electrons. The summed E-state index contributed by atoms with van der Waals surface area (Å²) in [6.45, 7) is 4.75. The summed E-state index contributed by atoms with van der Waals surface area (Å²) in [5.74, 6) is 0.711. The molecule has 0 saturated carbocycles. The Balaban J connectivity index is 1.00. The highest BCUT2D eigenvalue weighted by Gasteiger charge is 2.36. The van der Waals surface area contributed by atoms with Gasteiger partial charge in [-0.1, -0.05) is 208 Å². The van der Waals surface area contributed by atoms with Gasteiger partial charge in [0.05, 0.1) is 11.4 Å². The smallest absolute Gasteiger partial charge is 0.160 e. The molecule has 1 aliphatic carbocycles. The maximum absolute atomic E-state index is 5.28. The van der Waals surface area contributed by atoms with Crippen molar-refractivity contribution in [2.75, 3.05) is 0 Å². The van der Waals surface area contributed by atoms with Crippen molar-refractivity contribution < 1.29 is 0 Å². The number of fused-ring (bicyclic) bond motifs is 8. The van der Waals surface area contributed by atoms with E-state index in [0.29, 0.717) is 5.82 Å². The molecule has 2 nitrogen and oxygen atoms in total. The highest BCUT2D eigenvalue weighted by molar-refractivity contribution is 6.12. The van der Waals surface area contributed by atoms with Crippen LogP contribution in [-0.4, -0.2) is 9.97 Å². The van der Waals surface area contributed by atoms with Gasteiger partial charge in [-0.3, -0.25) is 0 Å². The van der Waals surface area contributed by atoms with Crippen molar-refractivity contribution >= 4 is 43.1 Å². The average Bonchev–Trinajstić information content (AvgIpc) is 3.56. The van der Waals surface area contributed by atoms with Crippen molar-refractivity contribution in [1.29, 1.82) is 0 Å². The minimum atomic E-state index is -0.109. The molecule has 0 saturated heterocycles. The predicted octanol–water partition coefficient (Wildman–Crippen LogP) is 15.7. The van der Waals surface area contributed by atoms with Crippen LogP contribution >= 0.6 is 0 Å². The molecule has 11 aromatic rings. The van der Waals surface area contributed by atoms with Crippen LogP contribution in [0.4, 0.5) is 0 Å². The lowest BCUT2D eigenvalue weighted by Gasteiger charge is -2.22. The summed E-state index contributed by atoms with van der Waals surface area (Å²) >= 11 is 0. The van der Waals surface area contributed by atoms with Crippen molar-refractivity contribution in [3.05, 3.63) is 217 Å². The minimum absolute atomic E-state index is 0.109. The van der Waals surface area contributed by atoms with Crippen LogP contribution in [0.1, 0.15) is 25.0 Å². The van der Waals surface area contributed by atoms with Gasteiger partial charge in [0, 0.05) is 22.1 Å². The van der Waals surface area contributed by atoms with Gasteiger partial charge in [0.2, 0.25) is 0 Å². The topological polar surface area (TPSA) is 25.8 Å². The van der Waals surface area contributed by atoms with Gasteiger partial charge < -0.3 is 0 Å². The lowest BCUT2D eigenvalue weighted by molar-refractivity contribution is 0.661. The van der Waals surface area contributed by atoms with E-state index in [-0.39, 0.29) is 5.41 Å². The van der Waals surface area contributed by atoms with Gasteiger partial charge in [-0.25, -0.2) is 9.97 Å². The van der Waals surface area contributed by atoms with Crippen LogP contribution in [0.25, 0.3) is 110 Å². The van der Waals surface area contributed by atoms with E-state index in [1.54, 1.807) is 0 Å². The second-order valence-corrected chi connectivity index (χ2v) is 16.9. The summed E-state index contributed by atoms with van der Waals surface area (Å²) in [7, 11) is 0. The zero-order valence-electron chi connectivity index (χ0n) is 34.0. The first-order valence-electron chi connectivity index (χ1n) is 21.2. The predicted molar refractivity (Wildman–Crippen MR) is 257 cm³/mol. The molecular weight excluding hydrogens is 737 g/mol. The first-order chi connectivity index (χ1) is 30.0. The first kappa shape index (κ1) is 35.3. The molecule has 0 spiro atoms. The largest absolute Gasteiger partial charge is 0.228 e. The lowest BCUT2D eigenvalue weighted by Crippen LogP contribution is -2.15. The molecule has 0 unspecified atom stereocenters. The number of hydrogen-bond acceptors (Lipinski definition) is 2. The molecule has 10 aromatic carbocycles. The standard InChI is InChI=1S/C59H40N2/c1-59(2)53-34-28-38-16-7-9-21-43(38)57(53)52-29-27-40(35-54(52)59)42-30-31-48(45-23-11-10-22-44(42)45)49-32-33-51(47-25-13-12-24-46(47)49)56-36-55(60-58(61-56)39-17-4-3-5-18-39)50-26-14-19-37-15-6-8-20-41(37)50/h3-36H,1-2H3. The molecule has 1 aliphatic rings. The highest BCUT2D eigenvalue weighted by atomic mass is 14.9. The SMILES string of the molecule is CC1(C)c2cc(-c3ccc(-c4ccc(-c5cc(-c6cccc7ccccc67)nc(-c6ccccc6)n5)c5ccccc45)c4ccccc34)ccc2-c2c1ccc1ccccc21. The molecule has 0 atom stereocenters. The fourth-order valence-corrected chi connectivity index (χ4v) is 10.1. The second-order valence-electron chi connectivity index (χ2n) is 16.9. The Bertz CT molecular complexity index is 3560. The lowest BCUT2D eigenvalue weighted by atomic mass is 9.81. The number of hydrogen-bond donors (Lipinski definition) is 0. The van der Waals surface area contributed by atoms with Crippen molar-refractivity contribution in [1.82, 2.24) is 9.97 Å². The van der Waals surface area contributed by atoms with Gasteiger partial charge in [-0.15, -0.1) is 0 Å². The number of rotatable bonds is 5. The van der Waals surface area contributed by atoms with Crippen molar-refractivity contribution in [3.8, 4) is 67.3 Å². The van der Waals surface area contributed by atoms with Gasteiger partial charge in [-0.2, -0.15) is 0 Å². The Morgan fingerprint density at radius 1 is 0.311 bits per heavy atom. The zero-order chi connectivity index (χ0) is 40.7. The van der Waals surface area contributed by atoms with E-state index < -0.39 is 0 Å². The summed E-state index contributed by atoms with van der Waals surface area (Å²) < 4.78 is 0. The third-order valence-corrected chi connectivity index (χ3v) is 13.1. The number of nitrogens with zero attached hydrogens (tertiary/aromatic N) is 2. The van der Waals surface area contributed by atoms with E-state index in [1.165, 1.54) is 82.2 Å². The van der Waals surface area contributed by atoms with E-state index in [1.807, 2.05) is 6.07 Å². The molecule has 0 fully saturated rings. The molecule has 61 heavy (non-hydrogen) atoms. The fraction of sp³-hybridized carbons (Fsp3) is 0.0508. The molecule has 0 N–H and O–H groups in total. The Hall–Kier alpha value is -7.68. The van der Waals surface area contributed by atoms with Crippen LogP contribution in [0.3, 0.4) is 0 Å². The molecule has 0 radical (unpaired) electrons. The van der Waals surface area contributed by atoms with Crippen LogP contribution in [-0.2, 0) is 5.41 Å². The van der Waals surface area contributed by atoms with Gasteiger partial charge in [-0.05, 0) is 99.7 Å². The third kappa shape index (κ3) is 5.56. The van der Waals surface area contributed by atoms with Crippen LogP contribution in [0, 0.1) is 0 Å². The van der Waals surface area contributed by atoms with Gasteiger partial charge in [0.1, 0.15) is 0 Å². The number of aromatic nitrogens is 2. The van der Waals surface area contributed by atoms with Crippen LogP contribution in [0.5, 0.6) is 0 Å². The van der Waals surface area contributed by atoms with Crippen molar-refractivity contribution in [3.63, 3.8) is 0 Å². The van der Waals surface area contributed by atoms with Crippen LogP contribution < -0.4 is 0 Å². The minimum Gasteiger partial charge on any atom is -0.228 e. The average molecular weight is 777 g/mol. The summed E-state index contributed by atoms with van der Waals surface area (Å²) in [5, 5.41) is 9.80. The first-order valence-corrected chi connectivity index (χ1v) is 21.2.